The van der Waals surface area contributed by atoms with Gasteiger partial charge in [-0.05, 0) is 49.9 Å². The van der Waals surface area contributed by atoms with Crippen molar-refractivity contribution in [1.29, 1.82) is 0 Å². The summed E-state index contributed by atoms with van der Waals surface area (Å²) in [5.74, 6) is -0.338. The number of hydrogen-bond donors (Lipinski definition) is 1. The maximum absolute atomic E-state index is 13.7. The van der Waals surface area contributed by atoms with Crippen LogP contribution in [0.1, 0.15) is 74.2 Å². The van der Waals surface area contributed by atoms with Crippen molar-refractivity contribution in [3.05, 3.63) is 59.9 Å². The number of rotatable bonds is 4. The van der Waals surface area contributed by atoms with Crippen molar-refractivity contribution in [3.63, 3.8) is 0 Å². The topological polar surface area (TPSA) is 62.3 Å². The fourth-order valence-electron chi connectivity index (χ4n) is 5.25. The van der Waals surface area contributed by atoms with E-state index < -0.39 is 5.54 Å². The smallest absolute Gasteiger partial charge is 0.254 e. The summed E-state index contributed by atoms with van der Waals surface area (Å²) in [6, 6.07) is 11.4. The van der Waals surface area contributed by atoms with Gasteiger partial charge in [0.1, 0.15) is 0 Å². The molecule has 0 saturated heterocycles. The standard InChI is InChI=1S/C24H29N3O2/c1-3-17(2)27-23(29)20-10-6-5-9-19(20)21(24(27)13-7-4-8-14-24)22(28)26-18-11-15-25-16-12-18/h5-6,9-12,15-17,21H,3-4,7-8,13-14H2,1-2H3,(H,25,26,28)/t17-,21+/m0/s1. The summed E-state index contributed by atoms with van der Waals surface area (Å²) in [5, 5.41) is 3.10. The number of benzene rings is 1. The van der Waals surface area contributed by atoms with E-state index in [1.807, 2.05) is 24.3 Å². The number of hydrogen-bond acceptors (Lipinski definition) is 3. The first-order valence-corrected chi connectivity index (χ1v) is 10.7. The predicted molar refractivity (Wildman–Crippen MR) is 114 cm³/mol. The Morgan fingerprint density at radius 1 is 1.17 bits per heavy atom. The van der Waals surface area contributed by atoms with E-state index >= 15 is 0 Å². The molecule has 1 aromatic carbocycles. The van der Waals surface area contributed by atoms with Crippen LogP contribution >= 0.6 is 0 Å². The minimum atomic E-state index is -0.462. The minimum absolute atomic E-state index is 0.0358. The summed E-state index contributed by atoms with van der Waals surface area (Å²) in [6.07, 6.45) is 9.20. The third kappa shape index (κ3) is 3.33. The number of amides is 2. The molecule has 2 aromatic rings. The molecule has 1 saturated carbocycles. The van der Waals surface area contributed by atoms with Gasteiger partial charge in [-0.2, -0.15) is 0 Å². The van der Waals surface area contributed by atoms with Gasteiger partial charge in [0.05, 0.1) is 11.5 Å². The number of anilines is 1. The molecule has 1 spiro atoms. The van der Waals surface area contributed by atoms with Gasteiger partial charge in [-0.15, -0.1) is 0 Å². The van der Waals surface area contributed by atoms with Crippen LogP contribution in [0.25, 0.3) is 0 Å². The molecular formula is C24H29N3O2. The third-order valence-corrected chi connectivity index (χ3v) is 6.70. The summed E-state index contributed by atoms with van der Waals surface area (Å²) in [7, 11) is 0. The lowest BCUT2D eigenvalue weighted by atomic mass is 9.64. The zero-order valence-corrected chi connectivity index (χ0v) is 17.2. The van der Waals surface area contributed by atoms with E-state index in [1.165, 1.54) is 0 Å². The van der Waals surface area contributed by atoms with Crippen molar-refractivity contribution >= 4 is 17.5 Å². The lowest BCUT2D eigenvalue weighted by Crippen LogP contribution is -2.64. The maximum atomic E-state index is 13.7. The second-order valence-corrected chi connectivity index (χ2v) is 8.34. The number of fused-ring (bicyclic) bond motifs is 1. The largest absolute Gasteiger partial charge is 0.329 e. The Bertz CT molecular complexity index is 890. The highest BCUT2D eigenvalue weighted by Gasteiger charge is 2.55. The SMILES string of the molecule is CC[C@H](C)N1C(=O)c2ccccc2[C@H](C(=O)Nc2ccncc2)C12CCCCC2. The molecule has 2 aliphatic rings. The molecule has 1 aromatic heterocycles. The molecule has 5 nitrogen and oxygen atoms in total. The monoisotopic (exact) mass is 391 g/mol. The zero-order chi connectivity index (χ0) is 20.4. The summed E-state index contributed by atoms with van der Waals surface area (Å²) in [5.41, 5.74) is 1.81. The second-order valence-electron chi connectivity index (χ2n) is 8.34. The molecule has 2 heterocycles. The fraction of sp³-hybridized carbons (Fsp3) is 0.458. The highest BCUT2D eigenvalue weighted by atomic mass is 16.2. The van der Waals surface area contributed by atoms with E-state index in [0.29, 0.717) is 5.56 Å². The van der Waals surface area contributed by atoms with Crippen LogP contribution in [-0.2, 0) is 4.79 Å². The van der Waals surface area contributed by atoms with Crippen molar-refractivity contribution in [2.75, 3.05) is 5.32 Å². The first-order chi connectivity index (χ1) is 14.1. The van der Waals surface area contributed by atoms with Gasteiger partial charge in [0.2, 0.25) is 5.91 Å². The lowest BCUT2D eigenvalue weighted by molar-refractivity contribution is -0.122. The van der Waals surface area contributed by atoms with Crippen LogP contribution in [0.5, 0.6) is 0 Å². The maximum Gasteiger partial charge on any atom is 0.254 e. The lowest BCUT2D eigenvalue weighted by Gasteiger charge is -2.55. The number of nitrogens with one attached hydrogen (secondary N) is 1. The van der Waals surface area contributed by atoms with Gasteiger partial charge < -0.3 is 10.2 Å². The summed E-state index contributed by atoms with van der Waals surface area (Å²) in [4.78, 5) is 33.4. The summed E-state index contributed by atoms with van der Waals surface area (Å²) >= 11 is 0. The molecule has 1 aliphatic carbocycles. The third-order valence-electron chi connectivity index (χ3n) is 6.70. The van der Waals surface area contributed by atoms with Crippen LogP contribution < -0.4 is 5.32 Å². The van der Waals surface area contributed by atoms with Crippen molar-refractivity contribution in [2.45, 2.75) is 69.9 Å². The zero-order valence-electron chi connectivity index (χ0n) is 17.2. The first kappa shape index (κ1) is 19.6. The number of aromatic nitrogens is 1. The van der Waals surface area contributed by atoms with Crippen LogP contribution in [0.15, 0.2) is 48.8 Å². The molecule has 5 heteroatoms. The van der Waals surface area contributed by atoms with Crippen LogP contribution in [0.2, 0.25) is 0 Å². The van der Waals surface area contributed by atoms with E-state index in [1.54, 1.807) is 24.5 Å². The van der Waals surface area contributed by atoms with Gasteiger partial charge in [-0.1, -0.05) is 44.4 Å². The van der Waals surface area contributed by atoms with E-state index in [0.717, 1.165) is 49.8 Å². The Balaban J connectivity index is 1.85. The van der Waals surface area contributed by atoms with Crippen molar-refractivity contribution in [2.24, 2.45) is 0 Å². The molecule has 4 rings (SSSR count). The van der Waals surface area contributed by atoms with Gasteiger partial charge in [-0.25, -0.2) is 0 Å². The van der Waals surface area contributed by atoms with Gasteiger partial charge in [-0.3, -0.25) is 14.6 Å². The summed E-state index contributed by atoms with van der Waals surface area (Å²) < 4.78 is 0. The molecule has 1 aliphatic heterocycles. The van der Waals surface area contributed by atoms with Crippen molar-refractivity contribution < 1.29 is 9.59 Å². The highest BCUT2D eigenvalue weighted by Crippen LogP contribution is 2.50. The normalized spacial score (nSPS) is 21.5. The second kappa shape index (κ2) is 7.97. The number of pyridine rings is 1. The molecule has 29 heavy (non-hydrogen) atoms. The summed E-state index contributed by atoms with van der Waals surface area (Å²) in [6.45, 7) is 4.22. The Morgan fingerprint density at radius 2 is 1.86 bits per heavy atom. The van der Waals surface area contributed by atoms with E-state index in [4.69, 9.17) is 0 Å². The van der Waals surface area contributed by atoms with Gasteiger partial charge >= 0.3 is 0 Å². The molecule has 0 bridgehead atoms. The van der Waals surface area contributed by atoms with Gasteiger partial charge in [0.15, 0.2) is 0 Å². The van der Waals surface area contributed by atoms with Crippen LogP contribution in [0, 0.1) is 0 Å². The highest BCUT2D eigenvalue weighted by molar-refractivity contribution is 6.05. The Kier molecular flexibility index (Phi) is 5.39. The molecule has 1 N–H and O–H groups in total. The Labute approximate surface area is 172 Å². The predicted octanol–water partition coefficient (Wildman–Crippen LogP) is 4.76. The fourth-order valence-corrected chi connectivity index (χ4v) is 5.25. The first-order valence-electron chi connectivity index (χ1n) is 10.7. The van der Waals surface area contributed by atoms with Crippen LogP contribution in [0.3, 0.4) is 0 Å². The van der Waals surface area contributed by atoms with Crippen molar-refractivity contribution in [1.82, 2.24) is 9.88 Å². The van der Waals surface area contributed by atoms with E-state index in [9.17, 15) is 9.59 Å². The molecule has 0 unspecified atom stereocenters. The van der Waals surface area contributed by atoms with Gasteiger partial charge in [0.25, 0.3) is 5.91 Å². The average molecular weight is 392 g/mol. The minimum Gasteiger partial charge on any atom is -0.329 e. The van der Waals surface area contributed by atoms with E-state index in [2.05, 4.69) is 29.0 Å². The Morgan fingerprint density at radius 3 is 2.55 bits per heavy atom. The number of carbonyl (C=O) groups excluding carboxylic acids is 2. The average Bonchev–Trinajstić information content (AvgIpc) is 2.75. The molecule has 2 atom stereocenters. The van der Waals surface area contributed by atoms with E-state index in [-0.39, 0.29) is 23.8 Å². The Hall–Kier alpha value is -2.69. The molecule has 152 valence electrons. The van der Waals surface area contributed by atoms with Crippen molar-refractivity contribution in [3.8, 4) is 0 Å². The van der Waals surface area contributed by atoms with Gasteiger partial charge in [0, 0.05) is 29.7 Å². The molecule has 1 fully saturated rings. The van der Waals surface area contributed by atoms with Crippen LogP contribution in [0.4, 0.5) is 5.69 Å². The molecule has 2 amide bonds. The quantitative estimate of drug-likeness (QED) is 0.817. The molecule has 0 radical (unpaired) electrons. The molecular weight excluding hydrogens is 362 g/mol. The number of nitrogens with zero attached hydrogens (tertiary/aromatic N) is 2. The van der Waals surface area contributed by atoms with Crippen LogP contribution in [-0.4, -0.2) is 33.3 Å². The number of carbonyl (C=O) groups is 2.